The van der Waals surface area contributed by atoms with Gasteiger partial charge < -0.3 is 11.1 Å². The molecule has 1 aromatic rings. The van der Waals surface area contributed by atoms with E-state index in [9.17, 15) is 4.79 Å². The van der Waals surface area contributed by atoms with Crippen LogP contribution in [0.2, 0.25) is 0 Å². The lowest BCUT2D eigenvalue weighted by Crippen LogP contribution is -2.24. The number of hydrogen-bond acceptors (Lipinski definition) is 2. The molecule has 1 aliphatic rings. The molecule has 0 aromatic heterocycles. The normalized spacial score (nSPS) is 16.5. The molecule has 0 aliphatic heterocycles. The third-order valence-electron chi connectivity index (χ3n) is 3.77. The molecule has 98 valence electrons. The number of nitrogens with two attached hydrogens (primary N) is 1. The van der Waals surface area contributed by atoms with Gasteiger partial charge in [-0.3, -0.25) is 4.79 Å². The van der Waals surface area contributed by atoms with Crippen LogP contribution in [0.3, 0.4) is 0 Å². The van der Waals surface area contributed by atoms with Crippen molar-refractivity contribution in [3.05, 3.63) is 23.8 Å². The fourth-order valence-corrected chi connectivity index (χ4v) is 2.60. The van der Waals surface area contributed by atoms with Gasteiger partial charge in [-0.25, -0.2) is 0 Å². The van der Waals surface area contributed by atoms with Crippen molar-refractivity contribution < 1.29 is 4.79 Å². The van der Waals surface area contributed by atoms with Gasteiger partial charge in [0.15, 0.2) is 0 Å². The zero-order valence-corrected chi connectivity index (χ0v) is 11.0. The molecule has 0 unspecified atom stereocenters. The number of amides is 1. The van der Waals surface area contributed by atoms with Gasteiger partial charge in [-0.05, 0) is 37.0 Å². The van der Waals surface area contributed by atoms with Crippen LogP contribution in [0, 0.1) is 5.92 Å². The summed E-state index contributed by atoms with van der Waals surface area (Å²) in [7, 11) is 0. The minimum atomic E-state index is 0.151. The molecule has 18 heavy (non-hydrogen) atoms. The third-order valence-corrected chi connectivity index (χ3v) is 3.77. The van der Waals surface area contributed by atoms with Crippen molar-refractivity contribution in [3.8, 4) is 0 Å². The third kappa shape index (κ3) is 3.03. The van der Waals surface area contributed by atoms with Gasteiger partial charge in [0.25, 0.3) is 0 Å². The quantitative estimate of drug-likeness (QED) is 0.804. The minimum absolute atomic E-state index is 0.151. The Morgan fingerprint density at radius 2 is 2.06 bits per heavy atom. The zero-order chi connectivity index (χ0) is 13.0. The van der Waals surface area contributed by atoms with Crippen LogP contribution < -0.4 is 11.1 Å². The first kappa shape index (κ1) is 12.9. The van der Waals surface area contributed by atoms with E-state index in [4.69, 9.17) is 5.73 Å². The summed E-state index contributed by atoms with van der Waals surface area (Å²) in [5.74, 6) is 0.337. The van der Waals surface area contributed by atoms with E-state index in [1.54, 1.807) is 0 Å². The molecule has 0 spiro atoms. The van der Waals surface area contributed by atoms with Crippen LogP contribution in [-0.2, 0) is 11.2 Å². The predicted octanol–water partition coefficient (Wildman–Crippen LogP) is 3.35. The number of anilines is 2. The van der Waals surface area contributed by atoms with Crippen LogP contribution in [0.5, 0.6) is 0 Å². The SMILES string of the molecule is CCc1ccc(NC(=O)C2CCCCC2)cc1N. The Bertz CT molecular complexity index is 423. The van der Waals surface area contributed by atoms with Gasteiger partial charge in [0, 0.05) is 17.3 Å². The van der Waals surface area contributed by atoms with Crippen molar-refractivity contribution in [1.82, 2.24) is 0 Å². The maximum Gasteiger partial charge on any atom is 0.227 e. The molecule has 1 saturated carbocycles. The van der Waals surface area contributed by atoms with Gasteiger partial charge in [0.2, 0.25) is 5.91 Å². The Morgan fingerprint density at radius 1 is 1.33 bits per heavy atom. The molecule has 1 aliphatic carbocycles. The smallest absolute Gasteiger partial charge is 0.227 e. The number of nitrogen functional groups attached to an aromatic ring is 1. The van der Waals surface area contributed by atoms with Crippen LogP contribution >= 0.6 is 0 Å². The van der Waals surface area contributed by atoms with Crippen LogP contribution in [-0.4, -0.2) is 5.91 Å². The number of carbonyl (C=O) groups excluding carboxylic acids is 1. The minimum Gasteiger partial charge on any atom is -0.398 e. The molecule has 1 amide bonds. The van der Waals surface area contributed by atoms with E-state index in [1.807, 2.05) is 18.2 Å². The topological polar surface area (TPSA) is 55.1 Å². The number of carbonyl (C=O) groups is 1. The van der Waals surface area contributed by atoms with E-state index in [0.717, 1.165) is 36.2 Å². The second-order valence-corrected chi connectivity index (χ2v) is 5.09. The van der Waals surface area contributed by atoms with Crippen LogP contribution in [0.1, 0.15) is 44.6 Å². The van der Waals surface area contributed by atoms with Gasteiger partial charge in [0.1, 0.15) is 0 Å². The number of nitrogens with one attached hydrogen (secondary N) is 1. The van der Waals surface area contributed by atoms with Crippen molar-refractivity contribution in [3.63, 3.8) is 0 Å². The van der Waals surface area contributed by atoms with Gasteiger partial charge in [-0.1, -0.05) is 32.3 Å². The van der Waals surface area contributed by atoms with Crippen molar-refractivity contribution in [2.45, 2.75) is 45.4 Å². The molecule has 2 rings (SSSR count). The molecule has 1 aromatic carbocycles. The summed E-state index contributed by atoms with van der Waals surface area (Å²) in [5.41, 5.74) is 8.65. The largest absolute Gasteiger partial charge is 0.398 e. The molecule has 0 saturated heterocycles. The zero-order valence-electron chi connectivity index (χ0n) is 11.0. The average Bonchev–Trinajstić information content (AvgIpc) is 2.40. The monoisotopic (exact) mass is 246 g/mol. The van der Waals surface area contributed by atoms with E-state index in [2.05, 4.69) is 12.2 Å². The Balaban J connectivity index is 2.00. The van der Waals surface area contributed by atoms with Crippen LogP contribution in [0.15, 0.2) is 18.2 Å². The van der Waals surface area contributed by atoms with Gasteiger partial charge in [-0.2, -0.15) is 0 Å². The first-order valence-corrected chi connectivity index (χ1v) is 6.90. The van der Waals surface area contributed by atoms with E-state index >= 15 is 0 Å². The lowest BCUT2D eigenvalue weighted by molar-refractivity contribution is -0.120. The molecule has 0 radical (unpaired) electrons. The highest BCUT2D eigenvalue weighted by Gasteiger charge is 2.21. The molecule has 3 heteroatoms. The van der Waals surface area contributed by atoms with Crippen molar-refractivity contribution in [2.24, 2.45) is 5.92 Å². The lowest BCUT2D eigenvalue weighted by Gasteiger charge is -2.21. The summed E-state index contributed by atoms with van der Waals surface area (Å²) in [4.78, 5) is 12.1. The Hall–Kier alpha value is -1.51. The van der Waals surface area contributed by atoms with Gasteiger partial charge in [0.05, 0.1) is 0 Å². The maximum absolute atomic E-state index is 12.1. The highest BCUT2D eigenvalue weighted by Crippen LogP contribution is 2.25. The summed E-state index contributed by atoms with van der Waals surface area (Å²) < 4.78 is 0. The Morgan fingerprint density at radius 3 is 2.67 bits per heavy atom. The molecule has 3 N–H and O–H groups in total. The first-order valence-electron chi connectivity index (χ1n) is 6.90. The summed E-state index contributed by atoms with van der Waals surface area (Å²) in [6.45, 7) is 2.08. The Labute approximate surface area is 109 Å². The average molecular weight is 246 g/mol. The van der Waals surface area contributed by atoms with Gasteiger partial charge >= 0.3 is 0 Å². The fourth-order valence-electron chi connectivity index (χ4n) is 2.60. The predicted molar refractivity (Wildman–Crippen MR) is 75.4 cm³/mol. The number of hydrogen-bond donors (Lipinski definition) is 2. The summed E-state index contributed by atoms with van der Waals surface area (Å²) in [6, 6.07) is 5.79. The van der Waals surface area contributed by atoms with Crippen LogP contribution in [0.4, 0.5) is 11.4 Å². The number of rotatable bonds is 3. The lowest BCUT2D eigenvalue weighted by atomic mass is 9.88. The second-order valence-electron chi connectivity index (χ2n) is 5.09. The molecular weight excluding hydrogens is 224 g/mol. The Kier molecular flexibility index (Phi) is 4.24. The molecule has 0 bridgehead atoms. The summed E-state index contributed by atoms with van der Waals surface area (Å²) in [6.07, 6.45) is 6.58. The number of aryl methyl sites for hydroxylation is 1. The van der Waals surface area contributed by atoms with E-state index in [0.29, 0.717) is 0 Å². The number of benzene rings is 1. The molecule has 1 fully saturated rings. The maximum atomic E-state index is 12.1. The van der Waals surface area contributed by atoms with E-state index in [1.165, 1.54) is 19.3 Å². The fraction of sp³-hybridized carbons (Fsp3) is 0.533. The first-order chi connectivity index (χ1) is 8.70. The van der Waals surface area contributed by atoms with Crippen molar-refractivity contribution in [1.29, 1.82) is 0 Å². The molecule has 0 atom stereocenters. The van der Waals surface area contributed by atoms with Crippen molar-refractivity contribution in [2.75, 3.05) is 11.1 Å². The van der Waals surface area contributed by atoms with Gasteiger partial charge in [-0.15, -0.1) is 0 Å². The highest BCUT2D eigenvalue weighted by molar-refractivity contribution is 5.93. The molecule has 3 nitrogen and oxygen atoms in total. The van der Waals surface area contributed by atoms with E-state index < -0.39 is 0 Å². The van der Waals surface area contributed by atoms with Crippen LogP contribution in [0.25, 0.3) is 0 Å². The molecular formula is C15H22N2O. The highest BCUT2D eigenvalue weighted by atomic mass is 16.1. The summed E-state index contributed by atoms with van der Waals surface area (Å²) >= 11 is 0. The second kappa shape index (κ2) is 5.89. The van der Waals surface area contributed by atoms with E-state index in [-0.39, 0.29) is 11.8 Å². The standard InChI is InChI=1S/C15H22N2O/c1-2-11-8-9-13(10-14(11)16)17-15(18)12-6-4-3-5-7-12/h8-10,12H,2-7,16H2,1H3,(H,17,18). The summed E-state index contributed by atoms with van der Waals surface area (Å²) in [5, 5.41) is 2.98. The van der Waals surface area contributed by atoms with Crippen molar-refractivity contribution >= 4 is 17.3 Å². The molecule has 0 heterocycles.